The van der Waals surface area contributed by atoms with Gasteiger partial charge in [0.15, 0.2) is 9.84 Å². The number of nitrogens with zero attached hydrogens (tertiary/aromatic N) is 2. The van der Waals surface area contributed by atoms with E-state index in [0.717, 1.165) is 6.26 Å². The predicted octanol–water partition coefficient (Wildman–Crippen LogP) is 1.14. The van der Waals surface area contributed by atoms with Crippen LogP contribution >= 0.6 is 0 Å². The number of amides is 1. The van der Waals surface area contributed by atoms with Gasteiger partial charge in [0.05, 0.1) is 11.4 Å². The van der Waals surface area contributed by atoms with E-state index in [2.05, 4.69) is 9.62 Å². The molecule has 2 aromatic carbocycles. The molecule has 194 valence electrons. The van der Waals surface area contributed by atoms with E-state index in [1.54, 1.807) is 24.3 Å². The smallest absolute Gasteiger partial charge is 0.414 e. The van der Waals surface area contributed by atoms with Crippen molar-refractivity contribution in [2.24, 2.45) is 5.73 Å². The number of piperidine rings is 1. The van der Waals surface area contributed by atoms with E-state index >= 15 is 0 Å². The molecule has 2 aliphatic heterocycles. The SMILES string of the molecule is CS(=O)(=O)c1ccccc1S(=O)(=O)NC1CCN(CC2CN(c3ccc(C(=N)N)cc3)C(=O)O2)CC1. The molecule has 2 fully saturated rings. The summed E-state index contributed by atoms with van der Waals surface area (Å²) in [6, 6.07) is 12.0. The van der Waals surface area contributed by atoms with Crippen LogP contribution in [-0.4, -0.2) is 78.2 Å². The van der Waals surface area contributed by atoms with Crippen molar-refractivity contribution in [3.8, 4) is 0 Å². The second-order valence-electron chi connectivity index (χ2n) is 8.99. The molecule has 2 heterocycles. The molecule has 4 N–H and O–H groups in total. The fourth-order valence-corrected chi connectivity index (χ4v) is 7.37. The molecular formula is C23H29N5O6S2. The highest BCUT2D eigenvalue weighted by Gasteiger charge is 2.35. The molecule has 1 atom stereocenters. The first-order valence-electron chi connectivity index (χ1n) is 11.4. The van der Waals surface area contributed by atoms with E-state index < -0.39 is 26.0 Å². The van der Waals surface area contributed by atoms with Crippen molar-refractivity contribution in [2.45, 2.75) is 34.8 Å². The third-order valence-electron chi connectivity index (χ3n) is 6.27. The van der Waals surface area contributed by atoms with E-state index in [0.29, 0.717) is 50.3 Å². The minimum absolute atomic E-state index is 0.0475. The van der Waals surface area contributed by atoms with E-state index in [1.807, 2.05) is 0 Å². The number of amidine groups is 1. The number of sulfonamides is 1. The van der Waals surface area contributed by atoms with Crippen LogP contribution in [-0.2, 0) is 24.6 Å². The lowest BCUT2D eigenvalue weighted by Gasteiger charge is -2.33. The Morgan fingerprint density at radius 3 is 2.25 bits per heavy atom. The van der Waals surface area contributed by atoms with Gasteiger partial charge in [0.1, 0.15) is 16.8 Å². The number of benzene rings is 2. The van der Waals surface area contributed by atoms with E-state index in [-0.39, 0.29) is 27.8 Å². The van der Waals surface area contributed by atoms with Crippen LogP contribution in [0.3, 0.4) is 0 Å². The summed E-state index contributed by atoms with van der Waals surface area (Å²) in [6.07, 6.45) is 1.29. The molecule has 1 unspecified atom stereocenters. The van der Waals surface area contributed by atoms with Crippen molar-refractivity contribution >= 4 is 37.5 Å². The van der Waals surface area contributed by atoms with Gasteiger partial charge in [0.2, 0.25) is 10.0 Å². The third kappa shape index (κ3) is 5.86. The van der Waals surface area contributed by atoms with Crippen LogP contribution < -0.4 is 15.4 Å². The average molecular weight is 536 g/mol. The monoisotopic (exact) mass is 535 g/mol. The quantitative estimate of drug-likeness (QED) is 0.335. The molecule has 2 aliphatic rings. The summed E-state index contributed by atoms with van der Waals surface area (Å²) in [5.41, 5.74) is 6.71. The van der Waals surface area contributed by atoms with Gasteiger partial charge in [-0.2, -0.15) is 0 Å². The number of hydrogen-bond donors (Lipinski definition) is 3. The maximum absolute atomic E-state index is 12.9. The largest absolute Gasteiger partial charge is 0.443 e. The third-order valence-corrected chi connectivity index (χ3v) is 9.14. The Bertz CT molecular complexity index is 1350. The molecule has 2 aromatic rings. The van der Waals surface area contributed by atoms with Gasteiger partial charge in [0, 0.05) is 30.1 Å². The standard InChI is InChI=1S/C23H29N5O6S2/c1-35(30,31)20-4-2-3-5-21(20)36(32,33)26-17-10-12-27(13-11-17)14-19-15-28(23(29)34-19)18-8-6-16(7-9-18)22(24)25/h2-9,17,19,26H,10-15H2,1H3,(H3,24,25). The number of cyclic esters (lactones) is 1. The van der Waals surface area contributed by atoms with Crippen LogP contribution in [0.25, 0.3) is 0 Å². The van der Waals surface area contributed by atoms with Gasteiger partial charge in [-0.25, -0.2) is 26.4 Å². The minimum Gasteiger partial charge on any atom is -0.443 e. The number of hydrogen-bond acceptors (Lipinski definition) is 8. The number of sulfone groups is 1. The van der Waals surface area contributed by atoms with Crippen molar-refractivity contribution < 1.29 is 26.4 Å². The van der Waals surface area contributed by atoms with Gasteiger partial charge in [-0.3, -0.25) is 15.2 Å². The van der Waals surface area contributed by atoms with Crippen molar-refractivity contribution in [1.82, 2.24) is 9.62 Å². The van der Waals surface area contributed by atoms with Gasteiger partial charge >= 0.3 is 6.09 Å². The Morgan fingerprint density at radius 1 is 1.06 bits per heavy atom. The first-order valence-corrected chi connectivity index (χ1v) is 14.8. The number of nitrogens with one attached hydrogen (secondary N) is 2. The van der Waals surface area contributed by atoms with Crippen molar-refractivity contribution in [2.75, 3.05) is 37.3 Å². The Kier molecular flexibility index (Phi) is 7.36. The van der Waals surface area contributed by atoms with Gasteiger partial charge in [-0.1, -0.05) is 12.1 Å². The lowest BCUT2D eigenvalue weighted by Crippen LogP contribution is -2.47. The summed E-state index contributed by atoms with van der Waals surface area (Å²) in [7, 11) is -7.71. The molecule has 2 saturated heterocycles. The van der Waals surface area contributed by atoms with E-state index in [1.165, 1.54) is 29.2 Å². The summed E-state index contributed by atoms with van der Waals surface area (Å²) in [4.78, 5) is 15.6. The fraction of sp³-hybridized carbons (Fsp3) is 0.391. The number of anilines is 1. The number of carbonyl (C=O) groups excluding carboxylic acids is 1. The van der Waals surface area contributed by atoms with Gasteiger partial charge < -0.3 is 10.5 Å². The Balaban J connectivity index is 1.31. The molecule has 36 heavy (non-hydrogen) atoms. The van der Waals surface area contributed by atoms with Crippen LogP contribution in [0, 0.1) is 5.41 Å². The van der Waals surface area contributed by atoms with Crippen LogP contribution in [0.1, 0.15) is 18.4 Å². The normalized spacial score (nSPS) is 19.9. The number of nitrogen functional groups attached to an aromatic ring is 1. The van der Waals surface area contributed by atoms with Gasteiger partial charge in [0.25, 0.3) is 0 Å². The highest BCUT2D eigenvalue weighted by Crippen LogP contribution is 2.25. The molecule has 0 aliphatic carbocycles. The van der Waals surface area contributed by atoms with Gasteiger partial charge in [-0.05, 0) is 62.3 Å². The molecule has 0 spiro atoms. The zero-order valence-electron chi connectivity index (χ0n) is 19.8. The van der Waals surface area contributed by atoms with Crippen molar-refractivity contribution in [1.29, 1.82) is 5.41 Å². The second-order valence-corrected chi connectivity index (χ2v) is 12.7. The summed E-state index contributed by atoms with van der Waals surface area (Å²) < 4.78 is 58.1. The van der Waals surface area contributed by atoms with Crippen molar-refractivity contribution in [3.63, 3.8) is 0 Å². The van der Waals surface area contributed by atoms with Crippen LogP contribution in [0.2, 0.25) is 0 Å². The summed E-state index contributed by atoms with van der Waals surface area (Å²) in [6.45, 7) is 2.10. The molecule has 0 aromatic heterocycles. The molecule has 0 bridgehead atoms. The Morgan fingerprint density at radius 2 is 1.67 bits per heavy atom. The highest BCUT2D eigenvalue weighted by atomic mass is 32.2. The lowest BCUT2D eigenvalue weighted by molar-refractivity contribution is 0.0968. The average Bonchev–Trinajstić information content (AvgIpc) is 3.19. The molecule has 4 rings (SSSR count). The molecule has 13 heteroatoms. The van der Waals surface area contributed by atoms with Gasteiger partial charge in [-0.15, -0.1) is 0 Å². The highest BCUT2D eigenvalue weighted by molar-refractivity contribution is 7.93. The number of ether oxygens (including phenoxy) is 1. The molecule has 0 radical (unpaired) electrons. The zero-order valence-corrected chi connectivity index (χ0v) is 21.4. The van der Waals surface area contributed by atoms with Crippen LogP contribution in [0.4, 0.5) is 10.5 Å². The van der Waals surface area contributed by atoms with E-state index in [4.69, 9.17) is 15.9 Å². The maximum Gasteiger partial charge on any atom is 0.414 e. The number of likely N-dealkylation sites (tertiary alicyclic amines) is 1. The van der Waals surface area contributed by atoms with Crippen LogP contribution in [0.15, 0.2) is 58.3 Å². The number of nitrogens with two attached hydrogens (primary N) is 1. The topological polar surface area (TPSA) is 163 Å². The minimum atomic E-state index is -4.01. The zero-order chi connectivity index (χ0) is 26.1. The summed E-state index contributed by atoms with van der Waals surface area (Å²) >= 11 is 0. The summed E-state index contributed by atoms with van der Waals surface area (Å²) in [5.74, 6) is -0.0475. The first-order chi connectivity index (χ1) is 16.9. The Labute approximate surface area is 210 Å². The number of carbonyl (C=O) groups is 1. The maximum atomic E-state index is 12.9. The molecular weight excluding hydrogens is 506 g/mol. The Hall–Kier alpha value is -3.00. The molecule has 11 nitrogen and oxygen atoms in total. The predicted molar refractivity (Wildman–Crippen MR) is 134 cm³/mol. The molecule has 1 amide bonds. The fourth-order valence-electron chi connectivity index (χ4n) is 4.43. The first kappa shape index (κ1) is 26.1. The number of rotatable bonds is 8. The second kappa shape index (κ2) is 10.2. The van der Waals surface area contributed by atoms with E-state index in [9.17, 15) is 21.6 Å². The van der Waals surface area contributed by atoms with Crippen molar-refractivity contribution in [3.05, 3.63) is 54.1 Å². The van der Waals surface area contributed by atoms with Crippen LogP contribution in [0.5, 0.6) is 0 Å². The summed E-state index contributed by atoms with van der Waals surface area (Å²) in [5, 5.41) is 7.48. The molecule has 0 saturated carbocycles. The lowest BCUT2D eigenvalue weighted by atomic mass is 10.1.